The van der Waals surface area contributed by atoms with Crippen LogP contribution in [-0.2, 0) is 14.8 Å². The quantitative estimate of drug-likeness (QED) is 0.584. The smallest absolute Gasteiger partial charge is 0.408 e. The van der Waals surface area contributed by atoms with E-state index in [4.69, 9.17) is 13.8 Å². The van der Waals surface area contributed by atoms with Crippen molar-refractivity contribution in [2.45, 2.75) is 5.79 Å². The van der Waals surface area contributed by atoms with Crippen molar-refractivity contribution in [3.8, 4) is 5.75 Å². The van der Waals surface area contributed by atoms with Crippen molar-refractivity contribution < 1.29 is 38.0 Å². The lowest BCUT2D eigenvalue weighted by Gasteiger charge is -2.33. The molecule has 158 valence electrons. The molecule has 1 atom stereocenters. The highest BCUT2D eigenvalue weighted by molar-refractivity contribution is 5.81. The van der Waals surface area contributed by atoms with Gasteiger partial charge >= 0.3 is 5.79 Å². The molecular weight excluding hydrogens is 420 g/mol. The number of fused-ring (bicyclic) bond motifs is 1. The number of benzene rings is 3. The van der Waals surface area contributed by atoms with Crippen molar-refractivity contribution in [2.24, 2.45) is 0 Å². The van der Waals surface area contributed by atoms with Crippen LogP contribution in [0.5, 0.6) is 5.75 Å². The number of methoxy groups -OCH3 is 1. The van der Waals surface area contributed by atoms with E-state index in [9.17, 15) is 14.0 Å². The standard InChI is InChI=1S/C24H19ClO6/c1-29-21-13-11-19(12-14-21)23-17-20-9-5-6-10-22(20)24(30-23,31-25(26,27)28)16-15-18-7-3-2-4-8-18/h2-17H,1H3. The van der Waals surface area contributed by atoms with E-state index in [1.165, 1.54) is 6.08 Å². The summed E-state index contributed by atoms with van der Waals surface area (Å²) in [5, 5.41) is 0. The van der Waals surface area contributed by atoms with Crippen molar-refractivity contribution in [3.63, 3.8) is 0 Å². The van der Waals surface area contributed by atoms with Crippen LogP contribution in [0.15, 0.2) is 84.9 Å². The molecule has 1 aliphatic rings. The zero-order valence-electron chi connectivity index (χ0n) is 16.6. The highest BCUT2D eigenvalue weighted by Gasteiger charge is 2.52. The molecule has 0 amide bonds. The molecule has 0 N–H and O–H groups in total. The molecular formula is C24H19ClO6. The van der Waals surface area contributed by atoms with Gasteiger partial charge in [-0.3, -0.25) is 0 Å². The van der Waals surface area contributed by atoms with Crippen molar-refractivity contribution in [3.05, 3.63) is 107 Å². The maximum atomic E-state index is 11.7. The Balaban J connectivity index is 1.84. The zero-order chi connectivity index (χ0) is 21.9. The molecule has 1 aliphatic heterocycles. The van der Waals surface area contributed by atoms with Crippen molar-refractivity contribution in [1.82, 2.24) is 0 Å². The Hall–Kier alpha value is -3.13. The zero-order valence-corrected chi connectivity index (χ0v) is 17.3. The molecule has 7 heteroatoms. The predicted octanol–water partition coefficient (Wildman–Crippen LogP) is 2.00. The first kappa shape index (κ1) is 21.1. The molecule has 0 saturated heterocycles. The highest BCUT2D eigenvalue weighted by atomic mass is 35.7. The van der Waals surface area contributed by atoms with Crippen LogP contribution in [-0.4, -0.2) is 7.11 Å². The Kier molecular flexibility index (Phi) is 5.82. The third kappa shape index (κ3) is 4.80. The van der Waals surface area contributed by atoms with Gasteiger partial charge in [0.1, 0.15) is 15.8 Å². The fourth-order valence-corrected chi connectivity index (χ4v) is 3.79. The molecule has 3 aromatic rings. The molecule has 0 aromatic heterocycles. The second-order valence-corrected chi connectivity index (χ2v) is 7.70. The number of hydrogen-bond acceptors (Lipinski definition) is 6. The summed E-state index contributed by atoms with van der Waals surface area (Å²) >= 11 is 0. The highest BCUT2D eigenvalue weighted by Crippen LogP contribution is 2.43. The molecule has 1 heterocycles. The van der Waals surface area contributed by atoms with E-state index < -0.39 is 16.0 Å². The summed E-state index contributed by atoms with van der Waals surface area (Å²) in [7, 11) is -3.24. The normalized spacial score (nSPS) is 18.3. The second kappa shape index (κ2) is 8.55. The van der Waals surface area contributed by atoms with E-state index in [2.05, 4.69) is 0 Å². The Morgan fingerprint density at radius 1 is 0.871 bits per heavy atom. The van der Waals surface area contributed by atoms with Gasteiger partial charge in [0.2, 0.25) is 0 Å². The summed E-state index contributed by atoms with van der Waals surface area (Å²) in [6, 6.07) is 23.3. The molecule has 31 heavy (non-hydrogen) atoms. The lowest BCUT2D eigenvalue weighted by atomic mass is 9.94. The van der Waals surface area contributed by atoms with Crippen LogP contribution in [0.4, 0.5) is 0 Å². The number of hydrogen-bond donors (Lipinski definition) is 0. The first-order chi connectivity index (χ1) is 14.9. The summed E-state index contributed by atoms with van der Waals surface area (Å²) < 4.78 is 51.4. The van der Waals surface area contributed by atoms with Crippen LogP contribution in [0, 0.1) is 10.2 Å². The van der Waals surface area contributed by atoms with Gasteiger partial charge < -0.3 is 9.47 Å². The van der Waals surface area contributed by atoms with E-state index >= 15 is 0 Å². The van der Waals surface area contributed by atoms with Gasteiger partial charge in [0.05, 0.1) is 22.9 Å². The second-order valence-electron chi connectivity index (χ2n) is 6.79. The van der Waals surface area contributed by atoms with Crippen LogP contribution in [0.25, 0.3) is 17.9 Å². The van der Waals surface area contributed by atoms with Crippen LogP contribution in [0.1, 0.15) is 22.3 Å². The first-order valence-corrected chi connectivity index (χ1v) is 10.6. The van der Waals surface area contributed by atoms with Crippen LogP contribution >= 0.6 is 0 Å². The van der Waals surface area contributed by atoms with Crippen LogP contribution in [0.3, 0.4) is 0 Å². The summed E-state index contributed by atoms with van der Waals surface area (Å²) in [6.45, 7) is 0. The molecule has 0 fully saturated rings. The fourth-order valence-electron chi connectivity index (χ4n) is 3.34. The third-order valence-corrected chi connectivity index (χ3v) is 5.18. The molecule has 0 spiro atoms. The lowest BCUT2D eigenvalue weighted by molar-refractivity contribution is -1.92. The van der Waals surface area contributed by atoms with Gasteiger partial charge in [-0.05, 0) is 41.5 Å². The molecule has 1 unspecified atom stereocenters. The fraction of sp³-hybridized carbons (Fsp3) is 0.0833. The van der Waals surface area contributed by atoms with Gasteiger partial charge in [-0.2, -0.15) is 14.0 Å². The minimum Gasteiger partial charge on any atom is -0.497 e. The molecule has 6 nitrogen and oxygen atoms in total. The maximum Gasteiger partial charge on any atom is 0.408 e. The van der Waals surface area contributed by atoms with Crippen molar-refractivity contribution >= 4 is 17.9 Å². The molecule has 0 aliphatic carbocycles. The van der Waals surface area contributed by atoms with Gasteiger partial charge in [0.25, 0.3) is 0 Å². The Morgan fingerprint density at radius 3 is 2.23 bits per heavy atom. The van der Waals surface area contributed by atoms with E-state index in [1.807, 2.05) is 30.3 Å². The van der Waals surface area contributed by atoms with Gasteiger partial charge in [0, 0.05) is 11.6 Å². The molecule has 0 radical (unpaired) electrons. The minimum atomic E-state index is -4.81. The summed E-state index contributed by atoms with van der Waals surface area (Å²) in [4.78, 5) is 0. The van der Waals surface area contributed by atoms with E-state index in [1.54, 1.807) is 67.8 Å². The average Bonchev–Trinajstić information content (AvgIpc) is 2.77. The molecule has 4 rings (SSSR count). The van der Waals surface area contributed by atoms with Gasteiger partial charge in [0.15, 0.2) is 0 Å². The molecule has 0 bridgehead atoms. The average molecular weight is 439 g/mol. The summed E-state index contributed by atoms with van der Waals surface area (Å²) in [5.74, 6) is -0.968. The van der Waals surface area contributed by atoms with Crippen LogP contribution in [0.2, 0.25) is 0 Å². The number of halogens is 1. The Bertz CT molecular complexity index is 1100. The number of rotatable bonds is 6. The molecule has 0 saturated carbocycles. The van der Waals surface area contributed by atoms with Gasteiger partial charge in [-0.25, -0.2) is 0 Å². The van der Waals surface area contributed by atoms with Gasteiger partial charge in [-0.1, -0.05) is 60.7 Å². The Labute approximate surface area is 182 Å². The minimum absolute atomic E-state index is 0.345. The maximum absolute atomic E-state index is 11.7. The molecule has 3 aromatic carbocycles. The van der Waals surface area contributed by atoms with Gasteiger partial charge in [-0.15, -0.1) is 0 Å². The topological polar surface area (TPSA) is 96.9 Å². The van der Waals surface area contributed by atoms with E-state index in [0.717, 1.165) is 5.56 Å². The van der Waals surface area contributed by atoms with Crippen molar-refractivity contribution in [2.75, 3.05) is 7.11 Å². The van der Waals surface area contributed by atoms with Crippen LogP contribution < -0.4 is 18.7 Å². The SMILES string of the molecule is COc1ccc(C2=Cc3ccccc3C(C=Cc3ccccc3)(O[Cl+3]([O-])([O-])[O-])O2)cc1. The van der Waals surface area contributed by atoms with E-state index in [0.29, 0.717) is 28.2 Å². The predicted molar refractivity (Wildman–Crippen MR) is 107 cm³/mol. The summed E-state index contributed by atoms with van der Waals surface area (Å²) in [5.41, 5.74) is 2.51. The third-order valence-electron chi connectivity index (χ3n) is 4.76. The Morgan fingerprint density at radius 2 is 1.55 bits per heavy atom. The summed E-state index contributed by atoms with van der Waals surface area (Å²) in [6.07, 6.45) is 4.85. The monoisotopic (exact) mass is 438 g/mol. The van der Waals surface area contributed by atoms with E-state index in [-0.39, 0.29) is 0 Å². The first-order valence-electron chi connectivity index (χ1n) is 9.39. The largest absolute Gasteiger partial charge is 0.497 e. The number of ether oxygens (including phenoxy) is 2. The van der Waals surface area contributed by atoms with Crippen molar-refractivity contribution in [1.29, 1.82) is 0 Å². The lowest BCUT2D eigenvalue weighted by Crippen LogP contribution is -2.64.